The second kappa shape index (κ2) is 1.83. The van der Waals surface area contributed by atoms with Crippen molar-refractivity contribution >= 4 is 5.78 Å². The van der Waals surface area contributed by atoms with Crippen molar-refractivity contribution in [2.45, 2.75) is 25.7 Å². The van der Waals surface area contributed by atoms with Crippen molar-refractivity contribution < 1.29 is 4.79 Å². The fourth-order valence-corrected chi connectivity index (χ4v) is 2.01. The van der Waals surface area contributed by atoms with Crippen LogP contribution < -0.4 is 0 Å². The third-order valence-corrected chi connectivity index (χ3v) is 2.43. The summed E-state index contributed by atoms with van der Waals surface area (Å²) in [4.78, 5) is 10.9. The summed E-state index contributed by atoms with van der Waals surface area (Å²) in [5.41, 5.74) is 0. The Balaban J connectivity index is 2.11. The maximum Gasteiger partial charge on any atom is 0.133 e. The Morgan fingerprint density at radius 3 is 2.33 bits per heavy atom. The molecule has 2 fully saturated rings. The molecular weight excluding hydrogens is 112 g/mol. The van der Waals surface area contributed by atoms with Gasteiger partial charge in [0.25, 0.3) is 0 Å². The quantitative estimate of drug-likeness (QED) is 0.478. The van der Waals surface area contributed by atoms with Crippen molar-refractivity contribution in [3.8, 4) is 0 Å². The van der Waals surface area contributed by atoms with E-state index in [-0.39, 0.29) is 0 Å². The van der Waals surface area contributed by atoms with Gasteiger partial charge in [-0.25, -0.2) is 0 Å². The molecule has 2 rings (SSSR count). The second-order valence-electron chi connectivity index (χ2n) is 3.24. The van der Waals surface area contributed by atoms with Crippen LogP contribution in [0, 0.1) is 18.3 Å². The van der Waals surface area contributed by atoms with Crippen molar-refractivity contribution in [3.05, 3.63) is 6.42 Å². The van der Waals surface area contributed by atoms with Crippen LogP contribution >= 0.6 is 0 Å². The van der Waals surface area contributed by atoms with E-state index in [0.717, 1.165) is 12.8 Å². The van der Waals surface area contributed by atoms with E-state index < -0.39 is 0 Å². The fourth-order valence-electron chi connectivity index (χ4n) is 2.01. The Bertz CT molecular complexity index is 126. The number of rotatable bonds is 0. The molecule has 1 radical (unpaired) electrons. The number of fused-ring (bicyclic) bond motifs is 2. The Kier molecular flexibility index (Phi) is 1.11. The maximum atomic E-state index is 10.9. The van der Waals surface area contributed by atoms with E-state index in [2.05, 4.69) is 6.42 Å². The number of ketones is 1. The Hall–Kier alpha value is -0.330. The molecule has 49 valence electrons. The van der Waals surface area contributed by atoms with E-state index in [1.165, 1.54) is 12.8 Å². The van der Waals surface area contributed by atoms with Crippen molar-refractivity contribution in [1.82, 2.24) is 0 Å². The molecule has 2 aliphatic rings. The lowest BCUT2D eigenvalue weighted by Gasteiger charge is -2.15. The Labute approximate surface area is 55.4 Å². The lowest BCUT2D eigenvalue weighted by molar-refractivity contribution is -0.120. The first-order valence-corrected chi connectivity index (χ1v) is 3.71. The molecule has 0 spiro atoms. The normalized spacial score (nSPS) is 41.6. The molecule has 0 aromatic rings. The SMILES string of the molecule is O=C1C[C@@H]2[CH][C@@H](CC2)C1. The highest BCUT2D eigenvalue weighted by Gasteiger charge is 2.32. The highest BCUT2D eigenvalue weighted by atomic mass is 16.1. The molecule has 0 unspecified atom stereocenters. The third-order valence-electron chi connectivity index (χ3n) is 2.43. The molecular formula is C8H11O. The molecule has 2 aliphatic carbocycles. The molecule has 0 heterocycles. The van der Waals surface area contributed by atoms with Crippen LogP contribution in [0.3, 0.4) is 0 Å². The van der Waals surface area contributed by atoms with Crippen LogP contribution in [0.2, 0.25) is 0 Å². The third kappa shape index (κ3) is 0.887. The molecule has 0 N–H and O–H groups in total. The zero-order chi connectivity index (χ0) is 6.27. The number of hydrogen-bond donors (Lipinski definition) is 0. The summed E-state index contributed by atoms with van der Waals surface area (Å²) >= 11 is 0. The Morgan fingerprint density at radius 2 is 1.78 bits per heavy atom. The highest BCUT2D eigenvalue weighted by molar-refractivity contribution is 5.80. The largest absolute Gasteiger partial charge is 0.300 e. The summed E-state index contributed by atoms with van der Waals surface area (Å²) in [6, 6.07) is 0. The van der Waals surface area contributed by atoms with Gasteiger partial charge in [-0.2, -0.15) is 0 Å². The molecule has 2 bridgehead atoms. The summed E-state index contributed by atoms with van der Waals surface area (Å²) in [7, 11) is 0. The summed E-state index contributed by atoms with van der Waals surface area (Å²) < 4.78 is 0. The first-order valence-electron chi connectivity index (χ1n) is 3.71. The van der Waals surface area contributed by atoms with E-state index in [9.17, 15) is 4.79 Å². The number of carbonyl (C=O) groups excluding carboxylic acids is 1. The van der Waals surface area contributed by atoms with Gasteiger partial charge in [-0.05, 0) is 31.1 Å². The van der Waals surface area contributed by atoms with Crippen molar-refractivity contribution in [3.63, 3.8) is 0 Å². The molecule has 0 aromatic heterocycles. The van der Waals surface area contributed by atoms with Gasteiger partial charge in [0, 0.05) is 12.8 Å². The molecule has 0 saturated heterocycles. The predicted octanol–water partition coefficient (Wildman–Crippen LogP) is 1.58. The summed E-state index contributed by atoms with van der Waals surface area (Å²) in [6.07, 6.45) is 6.61. The van der Waals surface area contributed by atoms with E-state index in [1.54, 1.807) is 0 Å². The summed E-state index contributed by atoms with van der Waals surface area (Å²) in [5, 5.41) is 0. The maximum absolute atomic E-state index is 10.9. The lowest BCUT2D eigenvalue weighted by Crippen LogP contribution is -2.15. The zero-order valence-electron chi connectivity index (χ0n) is 5.47. The monoisotopic (exact) mass is 123 g/mol. The van der Waals surface area contributed by atoms with Gasteiger partial charge >= 0.3 is 0 Å². The summed E-state index contributed by atoms with van der Waals surface area (Å²) in [6.45, 7) is 0. The van der Waals surface area contributed by atoms with Gasteiger partial charge in [-0.3, -0.25) is 4.79 Å². The predicted molar refractivity (Wildman–Crippen MR) is 34.8 cm³/mol. The van der Waals surface area contributed by atoms with Crippen molar-refractivity contribution in [1.29, 1.82) is 0 Å². The average Bonchev–Trinajstić information content (AvgIpc) is 2.11. The van der Waals surface area contributed by atoms with Crippen LogP contribution in [-0.2, 0) is 4.79 Å². The zero-order valence-corrected chi connectivity index (χ0v) is 5.47. The van der Waals surface area contributed by atoms with Crippen LogP contribution in [0.1, 0.15) is 25.7 Å². The van der Waals surface area contributed by atoms with Crippen LogP contribution in [-0.4, -0.2) is 5.78 Å². The fraction of sp³-hybridized carbons (Fsp3) is 0.750. The molecule has 1 heteroatoms. The summed E-state index contributed by atoms with van der Waals surface area (Å²) in [5.74, 6) is 1.82. The molecule has 0 amide bonds. The topological polar surface area (TPSA) is 17.1 Å². The van der Waals surface area contributed by atoms with Gasteiger partial charge in [0.05, 0.1) is 0 Å². The second-order valence-corrected chi connectivity index (χ2v) is 3.24. The van der Waals surface area contributed by atoms with Gasteiger partial charge < -0.3 is 0 Å². The average molecular weight is 123 g/mol. The van der Waals surface area contributed by atoms with Crippen LogP contribution in [0.15, 0.2) is 0 Å². The van der Waals surface area contributed by atoms with Crippen molar-refractivity contribution in [2.24, 2.45) is 11.8 Å². The van der Waals surface area contributed by atoms with E-state index in [0.29, 0.717) is 17.6 Å². The van der Waals surface area contributed by atoms with Gasteiger partial charge in [0.2, 0.25) is 0 Å². The first kappa shape index (κ1) is 5.45. The van der Waals surface area contributed by atoms with E-state index in [1.807, 2.05) is 0 Å². The van der Waals surface area contributed by atoms with Gasteiger partial charge in [0.15, 0.2) is 0 Å². The smallest absolute Gasteiger partial charge is 0.133 e. The Morgan fingerprint density at radius 1 is 1.22 bits per heavy atom. The minimum atomic E-state index is 0.491. The first-order chi connectivity index (χ1) is 4.34. The molecule has 1 nitrogen and oxygen atoms in total. The van der Waals surface area contributed by atoms with Gasteiger partial charge in [-0.15, -0.1) is 0 Å². The molecule has 9 heavy (non-hydrogen) atoms. The molecule has 2 saturated carbocycles. The molecule has 0 aliphatic heterocycles. The minimum absolute atomic E-state index is 0.491. The van der Waals surface area contributed by atoms with Crippen LogP contribution in [0.5, 0.6) is 0 Å². The van der Waals surface area contributed by atoms with Gasteiger partial charge in [0.1, 0.15) is 5.78 Å². The molecule has 0 aromatic carbocycles. The van der Waals surface area contributed by atoms with Crippen LogP contribution in [0.4, 0.5) is 0 Å². The van der Waals surface area contributed by atoms with Gasteiger partial charge in [-0.1, -0.05) is 0 Å². The van der Waals surface area contributed by atoms with Crippen LogP contribution in [0.25, 0.3) is 0 Å². The van der Waals surface area contributed by atoms with Crippen molar-refractivity contribution in [2.75, 3.05) is 0 Å². The highest BCUT2D eigenvalue weighted by Crippen LogP contribution is 2.39. The number of hydrogen-bond acceptors (Lipinski definition) is 1. The minimum Gasteiger partial charge on any atom is -0.300 e. The number of carbonyl (C=O) groups is 1. The number of Topliss-reactive ketones (excluding diaryl/α,β-unsaturated/α-hetero) is 1. The van der Waals surface area contributed by atoms with E-state index >= 15 is 0 Å². The lowest BCUT2D eigenvalue weighted by atomic mass is 9.88. The standard InChI is InChI=1S/C8H11O/c9-8-4-6-1-2-7(3-6)5-8/h3,6-7H,1-2,4-5H2/t6-,7+. The van der Waals surface area contributed by atoms with E-state index in [4.69, 9.17) is 0 Å². The molecule has 2 atom stereocenters.